The smallest absolute Gasteiger partial charge is 0.308 e. The van der Waals surface area contributed by atoms with Gasteiger partial charge in [-0.1, -0.05) is 12.1 Å². The van der Waals surface area contributed by atoms with Crippen molar-refractivity contribution >= 4 is 28.2 Å². The van der Waals surface area contributed by atoms with Crippen LogP contribution in [-0.2, 0) is 4.79 Å². The first-order valence-electron chi connectivity index (χ1n) is 7.24. The summed E-state index contributed by atoms with van der Waals surface area (Å²) in [6, 6.07) is 8.06. The Morgan fingerprint density at radius 2 is 2.24 bits per heavy atom. The predicted molar refractivity (Wildman–Crippen MR) is 83.9 cm³/mol. The number of carboxylic acids is 1. The molecule has 1 atom stereocenters. The SMILES string of the molecule is CNc1cccc2c(N3CCCC(C(=O)O)C3)nccc12. The van der Waals surface area contributed by atoms with Gasteiger partial charge < -0.3 is 15.3 Å². The molecule has 1 unspecified atom stereocenters. The van der Waals surface area contributed by atoms with Crippen LogP contribution in [0.25, 0.3) is 10.8 Å². The van der Waals surface area contributed by atoms with Crippen molar-refractivity contribution in [2.24, 2.45) is 5.92 Å². The molecule has 0 amide bonds. The van der Waals surface area contributed by atoms with E-state index in [2.05, 4.69) is 15.2 Å². The van der Waals surface area contributed by atoms with Crippen LogP contribution >= 0.6 is 0 Å². The Kier molecular flexibility index (Phi) is 3.64. The maximum Gasteiger partial charge on any atom is 0.308 e. The first-order valence-corrected chi connectivity index (χ1v) is 7.24. The second-order valence-electron chi connectivity index (χ2n) is 5.41. The van der Waals surface area contributed by atoms with Crippen LogP contribution in [0.5, 0.6) is 0 Å². The van der Waals surface area contributed by atoms with Crippen molar-refractivity contribution in [1.29, 1.82) is 0 Å². The molecule has 5 nitrogen and oxygen atoms in total. The number of hydrogen-bond acceptors (Lipinski definition) is 4. The largest absolute Gasteiger partial charge is 0.481 e. The van der Waals surface area contributed by atoms with Crippen molar-refractivity contribution in [3.8, 4) is 0 Å². The Labute approximate surface area is 123 Å². The minimum Gasteiger partial charge on any atom is -0.481 e. The van der Waals surface area contributed by atoms with E-state index < -0.39 is 5.97 Å². The van der Waals surface area contributed by atoms with Gasteiger partial charge in [0.15, 0.2) is 0 Å². The van der Waals surface area contributed by atoms with E-state index in [0.717, 1.165) is 41.7 Å². The maximum atomic E-state index is 11.2. The minimum atomic E-state index is -0.712. The first kappa shape index (κ1) is 13.7. The molecule has 0 radical (unpaired) electrons. The summed E-state index contributed by atoms with van der Waals surface area (Å²) in [6.45, 7) is 1.39. The van der Waals surface area contributed by atoms with Crippen LogP contribution in [0.15, 0.2) is 30.5 Å². The molecular formula is C16H19N3O2. The number of aliphatic carboxylic acids is 1. The first-order chi connectivity index (χ1) is 10.2. The monoisotopic (exact) mass is 285 g/mol. The van der Waals surface area contributed by atoms with Gasteiger partial charge in [-0.3, -0.25) is 4.79 Å². The number of aromatic nitrogens is 1. The maximum absolute atomic E-state index is 11.2. The van der Waals surface area contributed by atoms with Gasteiger partial charge in [0.05, 0.1) is 5.92 Å². The van der Waals surface area contributed by atoms with Crippen LogP contribution in [0.1, 0.15) is 12.8 Å². The number of nitrogens with one attached hydrogen (secondary N) is 1. The molecule has 1 fully saturated rings. The Morgan fingerprint density at radius 1 is 1.38 bits per heavy atom. The van der Waals surface area contributed by atoms with Crippen molar-refractivity contribution < 1.29 is 9.90 Å². The van der Waals surface area contributed by atoms with E-state index in [4.69, 9.17) is 0 Å². The van der Waals surface area contributed by atoms with E-state index in [1.165, 1.54) is 0 Å². The molecule has 1 aromatic carbocycles. The van der Waals surface area contributed by atoms with Gasteiger partial charge in [-0.25, -0.2) is 4.98 Å². The zero-order valence-electron chi connectivity index (χ0n) is 12.0. The summed E-state index contributed by atoms with van der Waals surface area (Å²) in [5, 5.41) is 14.6. The molecule has 3 rings (SSSR count). The number of fused-ring (bicyclic) bond motifs is 1. The third-order valence-corrected chi connectivity index (χ3v) is 4.12. The Hall–Kier alpha value is -2.30. The van der Waals surface area contributed by atoms with Crippen molar-refractivity contribution in [3.63, 3.8) is 0 Å². The molecule has 2 N–H and O–H groups in total. The van der Waals surface area contributed by atoms with Crippen LogP contribution in [0.2, 0.25) is 0 Å². The van der Waals surface area contributed by atoms with Crippen LogP contribution < -0.4 is 10.2 Å². The number of rotatable bonds is 3. The van der Waals surface area contributed by atoms with Gasteiger partial charge in [-0.2, -0.15) is 0 Å². The molecule has 2 heterocycles. The highest BCUT2D eigenvalue weighted by atomic mass is 16.4. The number of pyridine rings is 1. The summed E-state index contributed by atoms with van der Waals surface area (Å²) in [5.74, 6) is -0.130. The molecule has 110 valence electrons. The van der Waals surface area contributed by atoms with Gasteiger partial charge in [0.1, 0.15) is 5.82 Å². The fourth-order valence-corrected chi connectivity index (χ4v) is 3.03. The van der Waals surface area contributed by atoms with Gasteiger partial charge in [-0.15, -0.1) is 0 Å². The summed E-state index contributed by atoms with van der Waals surface area (Å²) in [6.07, 6.45) is 3.43. The zero-order chi connectivity index (χ0) is 14.8. The number of anilines is 2. The minimum absolute atomic E-state index is 0.303. The Morgan fingerprint density at radius 3 is 3.00 bits per heavy atom. The molecule has 2 aromatic rings. The van der Waals surface area contributed by atoms with Crippen LogP contribution in [0.4, 0.5) is 11.5 Å². The van der Waals surface area contributed by atoms with Gasteiger partial charge in [0.2, 0.25) is 0 Å². The highest BCUT2D eigenvalue weighted by Crippen LogP contribution is 2.31. The molecule has 0 saturated carbocycles. The van der Waals surface area contributed by atoms with E-state index in [9.17, 15) is 9.90 Å². The van der Waals surface area contributed by atoms with Gasteiger partial charge in [0.25, 0.3) is 0 Å². The molecule has 0 bridgehead atoms. The van der Waals surface area contributed by atoms with Crippen molar-refractivity contribution in [1.82, 2.24) is 4.98 Å². The summed E-state index contributed by atoms with van der Waals surface area (Å²) in [7, 11) is 1.90. The Balaban J connectivity index is 2.02. The van der Waals surface area contributed by atoms with E-state index >= 15 is 0 Å². The summed E-state index contributed by atoms with van der Waals surface area (Å²) >= 11 is 0. The van der Waals surface area contributed by atoms with E-state index in [1.807, 2.05) is 31.3 Å². The Bertz CT molecular complexity index is 672. The number of piperidine rings is 1. The lowest BCUT2D eigenvalue weighted by Gasteiger charge is -2.32. The number of benzene rings is 1. The van der Waals surface area contributed by atoms with E-state index in [-0.39, 0.29) is 5.92 Å². The third-order valence-electron chi connectivity index (χ3n) is 4.12. The van der Waals surface area contributed by atoms with Crippen molar-refractivity contribution in [3.05, 3.63) is 30.5 Å². The number of carboxylic acid groups (broad SMARTS) is 1. The standard InChI is InChI=1S/C16H19N3O2/c1-17-14-6-2-5-13-12(14)7-8-18-15(13)19-9-3-4-11(10-19)16(20)21/h2,5-8,11,17H,3-4,9-10H2,1H3,(H,20,21). The second kappa shape index (κ2) is 5.60. The van der Waals surface area contributed by atoms with E-state index in [0.29, 0.717) is 6.54 Å². The fourth-order valence-electron chi connectivity index (χ4n) is 3.03. The molecule has 21 heavy (non-hydrogen) atoms. The molecule has 0 spiro atoms. The van der Waals surface area contributed by atoms with Crippen LogP contribution in [0, 0.1) is 5.92 Å². The number of carbonyl (C=O) groups is 1. The predicted octanol–water partition coefficient (Wildman–Crippen LogP) is 2.58. The lowest BCUT2D eigenvalue weighted by Crippen LogP contribution is -2.39. The highest BCUT2D eigenvalue weighted by molar-refractivity contribution is 6.00. The molecule has 1 aromatic heterocycles. The summed E-state index contributed by atoms with van der Waals surface area (Å²) in [4.78, 5) is 17.8. The number of hydrogen-bond donors (Lipinski definition) is 2. The third kappa shape index (κ3) is 2.51. The molecule has 1 saturated heterocycles. The molecule has 0 aliphatic carbocycles. The van der Waals surface area contributed by atoms with Gasteiger partial charge in [0, 0.05) is 42.8 Å². The fraction of sp³-hybridized carbons (Fsp3) is 0.375. The van der Waals surface area contributed by atoms with Gasteiger partial charge >= 0.3 is 5.97 Å². The normalized spacial score (nSPS) is 18.7. The molecular weight excluding hydrogens is 266 g/mol. The van der Waals surface area contributed by atoms with Crippen molar-refractivity contribution in [2.75, 3.05) is 30.4 Å². The van der Waals surface area contributed by atoms with E-state index in [1.54, 1.807) is 6.20 Å². The van der Waals surface area contributed by atoms with Crippen LogP contribution in [0.3, 0.4) is 0 Å². The molecule has 1 aliphatic rings. The molecule has 5 heteroatoms. The van der Waals surface area contributed by atoms with Crippen molar-refractivity contribution in [2.45, 2.75) is 12.8 Å². The zero-order valence-corrected chi connectivity index (χ0v) is 12.0. The van der Waals surface area contributed by atoms with Gasteiger partial charge in [-0.05, 0) is 25.0 Å². The average molecular weight is 285 g/mol. The highest BCUT2D eigenvalue weighted by Gasteiger charge is 2.26. The number of nitrogens with zero attached hydrogens (tertiary/aromatic N) is 2. The lowest BCUT2D eigenvalue weighted by atomic mass is 9.98. The topological polar surface area (TPSA) is 65.5 Å². The average Bonchev–Trinajstić information content (AvgIpc) is 2.53. The lowest BCUT2D eigenvalue weighted by molar-refractivity contribution is -0.141. The second-order valence-corrected chi connectivity index (χ2v) is 5.41. The molecule has 1 aliphatic heterocycles. The quantitative estimate of drug-likeness (QED) is 0.907. The summed E-state index contributed by atoms with van der Waals surface area (Å²) < 4.78 is 0. The summed E-state index contributed by atoms with van der Waals surface area (Å²) in [5.41, 5.74) is 1.06. The van der Waals surface area contributed by atoms with Crippen LogP contribution in [-0.4, -0.2) is 36.2 Å².